The van der Waals surface area contributed by atoms with Crippen molar-refractivity contribution in [3.8, 4) is 16.9 Å². The fourth-order valence-corrected chi connectivity index (χ4v) is 2.36. The molecule has 1 heterocycles. The third-order valence-electron chi connectivity index (χ3n) is 3.85. The number of aryl methyl sites for hydroxylation is 2. The predicted molar refractivity (Wildman–Crippen MR) is 87.6 cm³/mol. The fraction of sp³-hybridized carbons (Fsp3) is 0.167. The van der Waals surface area contributed by atoms with Gasteiger partial charge in [0.2, 0.25) is 0 Å². The summed E-state index contributed by atoms with van der Waals surface area (Å²) in [5, 5.41) is 17.2. The monoisotopic (exact) mass is 307 g/mol. The minimum absolute atomic E-state index is 0.0194. The van der Waals surface area contributed by atoms with Crippen LogP contribution in [0, 0.1) is 13.8 Å². The van der Waals surface area contributed by atoms with Crippen LogP contribution in [0.3, 0.4) is 0 Å². The molecule has 0 spiro atoms. The first kappa shape index (κ1) is 15.0. The van der Waals surface area contributed by atoms with Crippen LogP contribution in [0.4, 0.5) is 0 Å². The summed E-state index contributed by atoms with van der Waals surface area (Å²) in [5.41, 5.74) is 5.91. The molecular weight excluding hydrogens is 290 g/mol. The zero-order valence-electron chi connectivity index (χ0n) is 13.0. The van der Waals surface area contributed by atoms with Crippen molar-refractivity contribution in [2.24, 2.45) is 0 Å². The van der Waals surface area contributed by atoms with Gasteiger partial charge in [-0.2, -0.15) is 0 Å². The van der Waals surface area contributed by atoms with E-state index in [9.17, 15) is 4.79 Å². The molecule has 0 saturated heterocycles. The fourth-order valence-electron chi connectivity index (χ4n) is 2.36. The molecule has 0 unspecified atom stereocenters. The van der Waals surface area contributed by atoms with Crippen LogP contribution in [0.15, 0.2) is 48.7 Å². The maximum Gasteiger partial charge on any atom is 0.307 e. The van der Waals surface area contributed by atoms with Gasteiger partial charge in [-0.25, -0.2) is 4.68 Å². The normalized spacial score (nSPS) is 10.7. The number of aliphatic carboxylic acids is 1. The number of aromatic nitrogens is 3. The number of nitrogens with zero attached hydrogens (tertiary/aromatic N) is 3. The number of hydrogen-bond donors (Lipinski definition) is 1. The Morgan fingerprint density at radius 3 is 2.48 bits per heavy atom. The Balaban J connectivity index is 1.86. The van der Waals surface area contributed by atoms with Gasteiger partial charge in [0.1, 0.15) is 5.69 Å². The Hall–Kier alpha value is -2.95. The molecule has 5 nitrogen and oxygen atoms in total. The number of hydrogen-bond acceptors (Lipinski definition) is 3. The summed E-state index contributed by atoms with van der Waals surface area (Å²) in [6.07, 6.45) is 1.89. The van der Waals surface area contributed by atoms with E-state index in [-0.39, 0.29) is 6.42 Å². The van der Waals surface area contributed by atoms with Crippen LogP contribution in [0.5, 0.6) is 0 Å². The van der Waals surface area contributed by atoms with Crippen LogP contribution < -0.4 is 0 Å². The van der Waals surface area contributed by atoms with Crippen molar-refractivity contribution in [1.29, 1.82) is 0 Å². The SMILES string of the molecule is Cc1ccc(-c2cn(-c3ccc(CC(=O)O)cc3)nn2)cc1C. The maximum absolute atomic E-state index is 10.7. The van der Waals surface area contributed by atoms with Crippen molar-refractivity contribution < 1.29 is 9.90 Å². The Morgan fingerprint density at radius 1 is 1.09 bits per heavy atom. The zero-order chi connectivity index (χ0) is 16.4. The number of rotatable bonds is 4. The van der Waals surface area contributed by atoms with Gasteiger partial charge in [0.05, 0.1) is 18.3 Å². The molecule has 3 rings (SSSR count). The lowest BCUT2D eigenvalue weighted by molar-refractivity contribution is -0.136. The van der Waals surface area contributed by atoms with Crippen LogP contribution in [0.25, 0.3) is 16.9 Å². The van der Waals surface area contributed by atoms with Crippen molar-refractivity contribution in [2.75, 3.05) is 0 Å². The average Bonchev–Trinajstić information content (AvgIpc) is 3.00. The first-order valence-corrected chi connectivity index (χ1v) is 7.34. The maximum atomic E-state index is 10.7. The zero-order valence-corrected chi connectivity index (χ0v) is 13.0. The largest absolute Gasteiger partial charge is 0.481 e. The molecule has 116 valence electrons. The molecule has 0 aliphatic carbocycles. The van der Waals surface area contributed by atoms with Gasteiger partial charge in [-0.05, 0) is 48.7 Å². The van der Waals surface area contributed by atoms with Gasteiger partial charge in [0.15, 0.2) is 0 Å². The molecule has 0 atom stereocenters. The van der Waals surface area contributed by atoms with Crippen molar-refractivity contribution in [1.82, 2.24) is 15.0 Å². The second-order valence-corrected chi connectivity index (χ2v) is 5.58. The Bertz CT molecular complexity index is 851. The highest BCUT2D eigenvalue weighted by Crippen LogP contribution is 2.21. The van der Waals surface area contributed by atoms with Gasteiger partial charge in [-0.1, -0.05) is 29.5 Å². The molecule has 2 aromatic carbocycles. The second-order valence-electron chi connectivity index (χ2n) is 5.58. The highest BCUT2D eigenvalue weighted by molar-refractivity contribution is 5.70. The van der Waals surface area contributed by atoms with Gasteiger partial charge in [-0.15, -0.1) is 5.10 Å². The summed E-state index contributed by atoms with van der Waals surface area (Å²) in [7, 11) is 0. The molecule has 23 heavy (non-hydrogen) atoms. The summed E-state index contributed by atoms with van der Waals surface area (Å²) in [6, 6.07) is 13.5. The van der Waals surface area contributed by atoms with Crippen molar-refractivity contribution in [3.05, 3.63) is 65.4 Å². The Kier molecular flexibility index (Phi) is 3.93. The summed E-state index contributed by atoms with van der Waals surface area (Å²) in [4.78, 5) is 10.7. The highest BCUT2D eigenvalue weighted by Gasteiger charge is 2.07. The van der Waals surface area contributed by atoms with Gasteiger partial charge in [-0.3, -0.25) is 4.79 Å². The summed E-state index contributed by atoms with van der Waals surface area (Å²) in [6.45, 7) is 4.15. The molecule has 3 aromatic rings. The molecule has 0 aliphatic heterocycles. The third-order valence-corrected chi connectivity index (χ3v) is 3.85. The van der Waals surface area contributed by atoms with Gasteiger partial charge < -0.3 is 5.11 Å². The van der Waals surface area contributed by atoms with Gasteiger partial charge >= 0.3 is 5.97 Å². The molecule has 0 aliphatic rings. The summed E-state index contributed by atoms with van der Waals surface area (Å²) in [5.74, 6) is -0.837. The van der Waals surface area contributed by atoms with E-state index < -0.39 is 5.97 Å². The van der Waals surface area contributed by atoms with E-state index in [4.69, 9.17) is 5.11 Å². The quantitative estimate of drug-likeness (QED) is 0.804. The lowest BCUT2D eigenvalue weighted by atomic mass is 10.0. The van der Waals surface area contributed by atoms with Crippen LogP contribution in [0.2, 0.25) is 0 Å². The minimum atomic E-state index is -0.837. The van der Waals surface area contributed by atoms with Gasteiger partial charge in [0, 0.05) is 5.56 Å². The lowest BCUT2D eigenvalue weighted by Gasteiger charge is -2.02. The molecular formula is C18H17N3O2. The van der Waals surface area contributed by atoms with Crippen molar-refractivity contribution in [2.45, 2.75) is 20.3 Å². The lowest BCUT2D eigenvalue weighted by Crippen LogP contribution is -2.00. The molecule has 5 heteroatoms. The highest BCUT2D eigenvalue weighted by atomic mass is 16.4. The second kappa shape index (κ2) is 6.04. The van der Waals surface area contributed by atoms with E-state index in [1.165, 1.54) is 11.1 Å². The van der Waals surface area contributed by atoms with E-state index in [0.717, 1.165) is 22.5 Å². The summed E-state index contributed by atoms with van der Waals surface area (Å²) < 4.78 is 1.69. The van der Waals surface area contributed by atoms with Gasteiger partial charge in [0.25, 0.3) is 0 Å². The molecule has 1 N–H and O–H groups in total. The first-order valence-electron chi connectivity index (χ1n) is 7.34. The molecule has 0 radical (unpaired) electrons. The first-order chi connectivity index (χ1) is 11.0. The van der Waals surface area contributed by atoms with E-state index in [1.807, 2.05) is 24.4 Å². The Labute approximate surface area is 134 Å². The number of carbonyl (C=O) groups is 1. The molecule has 0 bridgehead atoms. The predicted octanol–water partition coefficient (Wildman–Crippen LogP) is 3.18. The molecule has 0 amide bonds. The van der Waals surface area contributed by atoms with Crippen LogP contribution in [0.1, 0.15) is 16.7 Å². The molecule has 0 fully saturated rings. The van der Waals surface area contributed by atoms with Crippen LogP contribution in [-0.2, 0) is 11.2 Å². The van der Waals surface area contributed by atoms with Crippen molar-refractivity contribution >= 4 is 5.97 Å². The smallest absolute Gasteiger partial charge is 0.307 e. The van der Waals surface area contributed by atoms with E-state index in [1.54, 1.807) is 16.8 Å². The van der Waals surface area contributed by atoms with Crippen LogP contribution >= 0.6 is 0 Å². The average molecular weight is 307 g/mol. The van der Waals surface area contributed by atoms with E-state index in [2.05, 4.69) is 36.3 Å². The topological polar surface area (TPSA) is 68.0 Å². The summed E-state index contributed by atoms with van der Waals surface area (Å²) >= 11 is 0. The molecule has 1 aromatic heterocycles. The van der Waals surface area contributed by atoms with Crippen LogP contribution in [-0.4, -0.2) is 26.1 Å². The van der Waals surface area contributed by atoms with E-state index >= 15 is 0 Å². The molecule has 0 saturated carbocycles. The number of benzene rings is 2. The third kappa shape index (κ3) is 3.29. The number of carboxylic acid groups (broad SMARTS) is 1. The minimum Gasteiger partial charge on any atom is -0.481 e. The standard InChI is InChI=1S/C18H17N3O2/c1-12-3-6-15(9-13(12)2)17-11-21(20-19-17)16-7-4-14(5-8-16)10-18(22)23/h3-9,11H,10H2,1-2H3,(H,22,23). The van der Waals surface area contributed by atoms with Crippen molar-refractivity contribution in [3.63, 3.8) is 0 Å². The Morgan fingerprint density at radius 2 is 1.83 bits per heavy atom. The number of carboxylic acids is 1. The van der Waals surface area contributed by atoms with E-state index in [0.29, 0.717) is 0 Å².